The van der Waals surface area contributed by atoms with E-state index >= 15 is 0 Å². The van der Waals surface area contributed by atoms with Crippen LogP contribution in [0.1, 0.15) is 36.0 Å². The van der Waals surface area contributed by atoms with Crippen molar-refractivity contribution < 1.29 is 5.11 Å². The molecule has 2 aliphatic rings. The quantitative estimate of drug-likeness (QED) is 0.845. The van der Waals surface area contributed by atoms with Gasteiger partial charge in [-0.1, -0.05) is 18.2 Å². The smallest absolute Gasteiger partial charge is 0.0609 e. The molecular formula is C16H22O. The van der Waals surface area contributed by atoms with E-state index in [1.165, 1.54) is 36.0 Å². The Morgan fingerprint density at radius 1 is 1.12 bits per heavy atom. The molecule has 2 fully saturated rings. The summed E-state index contributed by atoms with van der Waals surface area (Å²) in [7, 11) is 0. The summed E-state index contributed by atoms with van der Waals surface area (Å²) in [5, 5.41) is 10.4. The molecule has 0 bridgehead atoms. The maximum Gasteiger partial charge on any atom is 0.0609 e. The minimum Gasteiger partial charge on any atom is -0.392 e. The molecule has 0 heterocycles. The Morgan fingerprint density at radius 3 is 2.29 bits per heavy atom. The molecule has 1 aromatic rings. The highest BCUT2D eigenvalue weighted by molar-refractivity contribution is 5.34. The van der Waals surface area contributed by atoms with Crippen LogP contribution in [0.4, 0.5) is 0 Å². The molecule has 17 heavy (non-hydrogen) atoms. The summed E-state index contributed by atoms with van der Waals surface area (Å²) in [6.45, 7) is 4.31. The summed E-state index contributed by atoms with van der Waals surface area (Å²) in [6, 6.07) is 6.41. The Bertz CT molecular complexity index is 393. The number of rotatable bonds is 3. The van der Waals surface area contributed by atoms with Gasteiger partial charge in [-0.15, -0.1) is 0 Å². The highest BCUT2D eigenvalue weighted by Crippen LogP contribution is 2.55. The third-order valence-electron chi connectivity index (χ3n) is 4.88. The summed E-state index contributed by atoms with van der Waals surface area (Å²) < 4.78 is 0. The first-order chi connectivity index (χ1) is 8.15. The lowest BCUT2D eigenvalue weighted by atomic mass is 9.89. The molecule has 2 saturated carbocycles. The predicted octanol–water partition coefficient (Wildman–Crippen LogP) is 3.25. The van der Waals surface area contributed by atoms with Gasteiger partial charge >= 0.3 is 0 Å². The van der Waals surface area contributed by atoms with Gasteiger partial charge in [0.2, 0.25) is 0 Å². The van der Waals surface area contributed by atoms with Gasteiger partial charge in [-0.05, 0) is 74.0 Å². The number of aryl methyl sites for hydroxylation is 2. The minimum absolute atomic E-state index is 0.123. The second-order valence-corrected chi connectivity index (χ2v) is 6.13. The fourth-order valence-corrected chi connectivity index (χ4v) is 3.62. The first kappa shape index (κ1) is 11.3. The van der Waals surface area contributed by atoms with Gasteiger partial charge in [0, 0.05) is 0 Å². The zero-order valence-electron chi connectivity index (χ0n) is 10.8. The lowest BCUT2D eigenvalue weighted by molar-refractivity contribution is 0.104. The van der Waals surface area contributed by atoms with Crippen molar-refractivity contribution in [3.63, 3.8) is 0 Å². The highest BCUT2D eigenvalue weighted by atomic mass is 16.3. The van der Waals surface area contributed by atoms with Crippen molar-refractivity contribution >= 4 is 0 Å². The van der Waals surface area contributed by atoms with Crippen LogP contribution in [0.15, 0.2) is 18.2 Å². The van der Waals surface area contributed by atoms with Gasteiger partial charge in [-0.25, -0.2) is 0 Å². The van der Waals surface area contributed by atoms with Crippen LogP contribution >= 0.6 is 0 Å². The van der Waals surface area contributed by atoms with Crippen LogP contribution < -0.4 is 0 Å². The van der Waals surface area contributed by atoms with Crippen LogP contribution in [0.3, 0.4) is 0 Å². The summed E-state index contributed by atoms with van der Waals surface area (Å²) in [5.41, 5.74) is 4.01. The predicted molar refractivity (Wildman–Crippen MR) is 69.9 cm³/mol. The largest absolute Gasteiger partial charge is 0.392 e. The van der Waals surface area contributed by atoms with E-state index in [0.717, 1.165) is 18.3 Å². The van der Waals surface area contributed by atoms with E-state index in [4.69, 9.17) is 0 Å². The molecule has 1 nitrogen and oxygen atoms in total. The second kappa shape index (κ2) is 4.13. The second-order valence-electron chi connectivity index (χ2n) is 6.13. The van der Waals surface area contributed by atoms with Gasteiger partial charge in [0.1, 0.15) is 0 Å². The lowest BCUT2D eigenvalue weighted by Gasteiger charge is -2.21. The first-order valence-corrected chi connectivity index (χ1v) is 6.88. The molecule has 3 rings (SSSR count). The third kappa shape index (κ3) is 2.13. The Hall–Kier alpha value is -0.820. The van der Waals surface area contributed by atoms with E-state index in [-0.39, 0.29) is 6.10 Å². The Morgan fingerprint density at radius 2 is 1.71 bits per heavy atom. The number of aliphatic hydroxyl groups is 1. The highest BCUT2D eigenvalue weighted by Gasteiger charge is 2.47. The molecule has 1 aromatic carbocycles. The monoisotopic (exact) mass is 230 g/mol. The Labute approximate surface area is 104 Å². The number of benzene rings is 1. The first-order valence-electron chi connectivity index (χ1n) is 6.88. The molecule has 0 aliphatic heterocycles. The minimum atomic E-state index is -0.123. The van der Waals surface area contributed by atoms with Crippen molar-refractivity contribution in [2.75, 3.05) is 0 Å². The van der Waals surface area contributed by atoms with E-state index < -0.39 is 0 Å². The molecule has 0 spiro atoms. The molecule has 1 N–H and O–H groups in total. The molecule has 1 heteroatoms. The van der Waals surface area contributed by atoms with E-state index in [0.29, 0.717) is 5.92 Å². The molecule has 2 aliphatic carbocycles. The van der Waals surface area contributed by atoms with Gasteiger partial charge in [0.25, 0.3) is 0 Å². The molecular weight excluding hydrogens is 208 g/mol. The van der Waals surface area contributed by atoms with Crippen LogP contribution in [-0.4, -0.2) is 11.2 Å². The van der Waals surface area contributed by atoms with Gasteiger partial charge in [0.15, 0.2) is 0 Å². The SMILES string of the molecule is Cc1cccc(C)c1CC(O)C1CC2CC2C1. The summed E-state index contributed by atoms with van der Waals surface area (Å²) in [6.07, 6.45) is 4.71. The van der Waals surface area contributed by atoms with Crippen molar-refractivity contribution in [3.05, 3.63) is 34.9 Å². The van der Waals surface area contributed by atoms with Gasteiger partial charge in [-0.3, -0.25) is 0 Å². The zero-order valence-corrected chi connectivity index (χ0v) is 10.8. The van der Waals surface area contributed by atoms with Crippen molar-refractivity contribution in [2.45, 2.75) is 45.6 Å². The van der Waals surface area contributed by atoms with Gasteiger partial charge in [-0.2, -0.15) is 0 Å². The van der Waals surface area contributed by atoms with Crippen molar-refractivity contribution in [3.8, 4) is 0 Å². The van der Waals surface area contributed by atoms with Crippen molar-refractivity contribution in [1.29, 1.82) is 0 Å². The Balaban J connectivity index is 1.69. The molecule has 0 radical (unpaired) electrons. The molecule has 0 amide bonds. The summed E-state index contributed by atoms with van der Waals surface area (Å²) in [4.78, 5) is 0. The maximum absolute atomic E-state index is 10.4. The number of fused-ring (bicyclic) bond motifs is 1. The molecule has 3 unspecified atom stereocenters. The van der Waals surface area contributed by atoms with Crippen molar-refractivity contribution in [1.82, 2.24) is 0 Å². The van der Waals surface area contributed by atoms with E-state index in [2.05, 4.69) is 32.0 Å². The lowest BCUT2D eigenvalue weighted by Crippen LogP contribution is -2.22. The van der Waals surface area contributed by atoms with Crippen LogP contribution in [0.5, 0.6) is 0 Å². The number of aliphatic hydroxyl groups excluding tert-OH is 1. The molecule has 3 atom stereocenters. The Kier molecular flexibility index (Phi) is 2.74. The topological polar surface area (TPSA) is 20.2 Å². The van der Waals surface area contributed by atoms with Crippen LogP contribution in [-0.2, 0) is 6.42 Å². The number of hydrogen-bond donors (Lipinski definition) is 1. The molecule has 0 saturated heterocycles. The summed E-state index contributed by atoms with van der Waals surface area (Å²) >= 11 is 0. The third-order valence-corrected chi connectivity index (χ3v) is 4.88. The maximum atomic E-state index is 10.4. The van der Waals surface area contributed by atoms with Gasteiger partial charge < -0.3 is 5.11 Å². The fraction of sp³-hybridized carbons (Fsp3) is 0.625. The van der Waals surface area contributed by atoms with Crippen molar-refractivity contribution in [2.24, 2.45) is 17.8 Å². The van der Waals surface area contributed by atoms with Crippen LogP contribution in [0.2, 0.25) is 0 Å². The average Bonchev–Trinajstić information content (AvgIpc) is 2.91. The van der Waals surface area contributed by atoms with E-state index in [1.54, 1.807) is 0 Å². The standard InChI is InChI=1S/C16H22O/c1-10-4-3-5-11(2)15(10)9-16(17)14-7-12-6-13(12)8-14/h3-5,12-14,16-17H,6-9H2,1-2H3. The van der Waals surface area contributed by atoms with E-state index in [9.17, 15) is 5.11 Å². The zero-order chi connectivity index (χ0) is 12.0. The average molecular weight is 230 g/mol. The fourth-order valence-electron chi connectivity index (χ4n) is 3.62. The number of hydrogen-bond acceptors (Lipinski definition) is 1. The van der Waals surface area contributed by atoms with Gasteiger partial charge in [0.05, 0.1) is 6.10 Å². The van der Waals surface area contributed by atoms with Crippen LogP contribution in [0.25, 0.3) is 0 Å². The van der Waals surface area contributed by atoms with E-state index in [1.807, 2.05) is 0 Å². The molecule has 92 valence electrons. The summed E-state index contributed by atoms with van der Waals surface area (Å²) in [5.74, 6) is 2.50. The molecule has 0 aromatic heterocycles. The van der Waals surface area contributed by atoms with Crippen LogP contribution in [0, 0.1) is 31.6 Å². The normalized spacial score (nSPS) is 32.3.